The lowest BCUT2D eigenvalue weighted by Gasteiger charge is -2.24. The second kappa shape index (κ2) is 5.15. The molecule has 3 N–H and O–H groups in total. The second-order valence-corrected chi connectivity index (χ2v) is 7.36. The van der Waals surface area contributed by atoms with Gasteiger partial charge in [-0.2, -0.15) is 0 Å². The Balaban J connectivity index is 1.77. The molecule has 3 nitrogen and oxygen atoms in total. The lowest BCUT2D eigenvalue weighted by Crippen LogP contribution is -2.26. The van der Waals surface area contributed by atoms with E-state index in [0.29, 0.717) is 12.0 Å². The molecule has 0 bridgehead atoms. The van der Waals surface area contributed by atoms with Crippen molar-refractivity contribution in [2.24, 2.45) is 5.73 Å². The minimum Gasteiger partial charge on any atom is -0.341 e. The molecule has 1 fully saturated rings. The van der Waals surface area contributed by atoms with Gasteiger partial charge in [0.15, 0.2) is 0 Å². The first kappa shape index (κ1) is 12.4. The molecule has 96 valence electrons. The Kier molecular flexibility index (Phi) is 3.54. The number of imidazole rings is 1. The van der Waals surface area contributed by atoms with E-state index in [2.05, 4.69) is 38.0 Å². The summed E-state index contributed by atoms with van der Waals surface area (Å²) in [6.07, 6.45) is 6.49. The molecule has 1 aliphatic rings. The number of nitrogens with zero attached hydrogens (tertiary/aromatic N) is 1. The monoisotopic (exact) mass is 325 g/mol. The molecular formula is C13H16BrN3S. The van der Waals surface area contributed by atoms with Gasteiger partial charge in [-0.05, 0) is 53.7 Å². The van der Waals surface area contributed by atoms with E-state index in [1.807, 2.05) is 6.20 Å². The minimum atomic E-state index is 0.393. The van der Waals surface area contributed by atoms with Crippen LogP contribution in [0.1, 0.15) is 37.4 Å². The lowest BCUT2D eigenvalue weighted by molar-refractivity contribution is 0.386. The second-order valence-electron chi connectivity index (χ2n) is 4.90. The van der Waals surface area contributed by atoms with Crippen molar-refractivity contribution in [1.29, 1.82) is 0 Å². The van der Waals surface area contributed by atoms with E-state index in [1.165, 1.54) is 4.88 Å². The van der Waals surface area contributed by atoms with Crippen molar-refractivity contribution >= 4 is 27.3 Å². The first-order chi connectivity index (χ1) is 8.72. The summed E-state index contributed by atoms with van der Waals surface area (Å²) in [5, 5.41) is 0. The highest BCUT2D eigenvalue weighted by Gasteiger charge is 2.22. The Morgan fingerprint density at radius 1 is 1.28 bits per heavy atom. The number of aromatic nitrogens is 2. The number of nitrogens with two attached hydrogens (primary N) is 1. The van der Waals surface area contributed by atoms with Gasteiger partial charge in [-0.15, -0.1) is 11.3 Å². The Morgan fingerprint density at radius 3 is 2.72 bits per heavy atom. The number of hydrogen-bond acceptors (Lipinski definition) is 3. The number of rotatable bonds is 2. The van der Waals surface area contributed by atoms with Gasteiger partial charge in [-0.25, -0.2) is 4.98 Å². The fourth-order valence-electron chi connectivity index (χ4n) is 2.52. The highest BCUT2D eigenvalue weighted by atomic mass is 79.9. The number of hydrogen-bond donors (Lipinski definition) is 2. The summed E-state index contributed by atoms with van der Waals surface area (Å²) in [5.41, 5.74) is 7.06. The average Bonchev–Trinajstić information content (AvgIpc) is 2.98. The summed E-state index contributed by atoms with van der Waals surface area (Å²) >= 11 is 5.22. The minimum absolute atomic E-state index is 0.393. The molecule has 2 aromatic rings. The fourth-order valence-corrected chi connectivity index (χ4v) is 3.87. The van der Waals surface area contributed by atoms with E-state index in [-0.39, 0.29) is 0 Å². The molecule has 0 atom stereocenters. The van der Waals surface area contributed by atoms with Crippen LogP contribution in [0.15, 0.2) is 22.1 Å². The maximum Gasteiger partial charge on any atom is 0.109 e. The molecule has 3 rings (SSSR count). The summed E-state index contributed by atoms with van der Waals surface area (Å²) in [5.74, 6) is 1.68. The average molecular weight is 326 g/mol. The van der Waals surface area contributed by atoms with E-state index in [9.17, 15) is 0 Å². The number of aromatic amines is 1. The number of H-pyrrole nitrogens is 1. The van der Waals surface area contributed by atoms with Crippen LogP contribution in [0.25, 0.3) is 10.6 Å². The molecule has 0 aromatic carbocycles. The van der Waals surface area contributed by atoms with Gasteiger partial charge in [0, 0.05) is 12.0 Å². The van der Waals surface area contributed by atoms with Gasteiger partial charge >= 0.3 is 0 Å². The van der Waals surface area contributed by atoms with Crippen molar-refractivity contribution < 1.29 is 0 Å². The smallest absolute Gasteiger partial charge is 0.109 e. The lowest BCUT2D eigenvalue weighted by atomic mass is 9.86. The summed E-state index contributed by atoms with van der Waals surface area (Å²) in [6, 6.07) is 4.58. The maximum absolute atomic E-state index is 5.94. The molecule has 0 saturated heterocycles. The Labute approximate surface area is 119 Å². The summed E-state index contributed by atoms with van der Waals surface area (Å²) in [6.45, 7) is 0. The first-order valence-electron chi connectivity index (χ1n) is 6.28. The number of thiophene rings is 1. The van der Waals surface area contributed by atoms with Crippen LogP contribution in [0.5, 0.6) is 0 Å². The molecule has 0 radical (unpaired) electrons. The molecule has 0 spiro atoms. The van der Waals surface area contributed by atoms with Crippen LogP contribution < -0.4 is 5.73 Å². The molecule has 2 aromatic heterocycles. The molecule has 5 heteroatoms. The Morgan fingerprint density at radius 2 is 2.06 bits per heavy atom. The van der Waals surface area contributed by atoms with Gasteiger partial charge in [-0.1, -0.05) is 0 Å². The molecule has 1 saturated carbocycles. The van der Waals surface area contributed by atoms with E-state index in [1.54, 1.807) is 11.3 Å². The third-order valence-electron chi connectivity index (χ3n) is 3.59. The van der Waals surface area contributed by atoms with Crippen molar-refractivity contribution in [3.05, 3.63) is 27.9 Å². The fraction of sp³-hybridized carbons (Fsp3) is 0.462. The van der Waals surface area contributed by atoms with Crippen molar-refractivity contribution in [2.45, 2.75) is 37.6 Å². The SMILES string of the molecule is NC1CCC(c2ncc(-c3ccc(Br)s3)[nH]2)CC1. The van der Waals surface area contributed by atoms with Gasteiger partial charge < -0.3 is 10.7 Å². The number of nitrogens with one attached hydrogen (secondary N) is 1. The predicted octanol–water partition coefficient (Wildman–Crippen LogP) is 3.89. The van der Waals surface area contributed by atoms with Crippen LogP contribution in [0.3, 0.4) is 0 Å². The zero-order chi connectivity index (χ0) is 12.5. The van der Waals surface area contributed by atoms with Crippen molar-refractivity contribution in [1.82, 2.24) is 9.97 Å². The standard InChI is InChI=1S/C13H16BrN3S/c14-12-6-5-11(18-12)10-7-16-13(17-10)8-1-3-9(15)4-2-8/h5-9H,1-4,15H2,(H,16,17). The van der Waals surface area contributed by atoms with Crippen LogP contribution in [-0.2, 0) is 0 Å². The number of halogens is 1. The third kappa shape index (κ3) is 2.53. The molecule has 0 unspecified atom stereocenters. The summed E-state index contributed by atoms with van der Waals surface area (Å²) in [4.78, 5) is 9.24. The van der Waals surface area contributed by atoms with Crippen LogP contribution in [0, 0.1) is 0 Å². The van der Waals surface area contributed by atoms with E-state index in [0.717, 1.165) is 41.0 Å². The zero-order valence-electron chi connectivity index (χ0n) is 10.0. The molecule has 0 amide bonds. The topological polar surface area (TPSA) is 54.7 Å². The molecular weight excluding hydrogens is 310 g/mol. The molecule has 0 aliphatic heterocycles. The van der Waals surface area contributed by atoms with Gasteiger partial charge in [0.1, 0.15) is 5.82 Å². The molecule has 2 heterocycles. The zero-order valence-corrected chi connectivity index (χ0v) is 12.4. The Bertz CT molecular complexity index is 526. The predicted molar refractivity (Wildman–Crippen MR) is 78.8 cm³/mol. The van der Waals surface area contributed by atoms with Gasteiger partial charge in [-0.3, -0.25) is 0 Å². The van der Waals surface area contributed by atoms with Crippen LogP contribution in [0.4, 0.5) is 0 Å². The van der Waals surface area contributed by atoms with Crippen molar-refractivity contribution in [2.75, 3.05) is 0 Å². The highest BCUT2D eigenvalue weighted by Crippen LogP contribution is 2.34. The largest absolute Gasteiger partial charge is 0.341 e. The molecule has 1 aliphatic carbocycles. The van der Waals surface area contributed by atoms with Crippen LogP contribution in [-0.4, -0.2) is 16.0 Å². The maximum atomic E-state index is 5.94. The van der Waals surface area contributed by atoms with E-state index in [4.69, 9.17) is 5.73 Å². The van der Waals surface area contributed by atoms with Crippen LogP contribution in [0.2, 0.25) is 0 Å². The van der Waals surface area contributed by atoms with E-state index >= 15 is 0 Å². The summed E-state index contributed by atoms with van der Waals surface area (Å²) in [7, 11) is 0. The van der Waals surface area contributed by atoms with Gasteiger partial charge in [0.2, 0.25) is 0 Å². The van der Waals surface area contributed by atoms with Crippen LogP contribution >= 0.6 is 27.3 Å². The van der Waals surface area contributed by atoms with Gasteiger partial charge in [0.05, 0.1) is 20.6 Å². The van der Waals surface area contributed by atoms with E-state index < -0.39 is 0 Å². The summed E-state index contributed by atoms with van der Waals surface area (Å²) < 4.78 is 1.15. The first-order valence-corrected chi connectivity index (χ1v) is 7.89. The highest BCUT2D eigenvalue weighted by molar-refractivity contribution is 9.11. The quantitative estimate of drug-likeness (QED) is 0.880. The van der Waals surface area contributed by atoms with Crippen molar-refractivity contribution in [3.8, 4) is 10.6 Å². The normalized spacial score (nSPS) is 24.3. The Hall–Kier alpha value is -0.650. The third-order valence-corrected chi connectivity index (χ3v) is 5.25. The van der Waals surface area contributed by atoms with Crippen molar-refractivity contribution in [3.63, 3.8) is 0 Å². The molecule has 18 heavy (non-hydrogen) atoms. The van der Waals surface area contributed by atoms with Gasteiger partial charge in [0.25, 0.3) is 0 Å².